The fraction of sp³-hybridized carbons (Fsp3) is 0.737. The van der Waals surface area contributed by atoms with Gasteiger partial charge in [-0.3, -0.25) is 11.4 Å². The monoisotopic (exact) mass is 800 g/mol. The van der Waals surface area contributed by atoms with E-state index in [1.54, 1.807) is 11.3 Å². The van der Waals surface area contributed by atoms with E-state index in [0.717, 1.165) is 67.9 Å². The van der Waals surface area contributed by atoms with Crippen molar-refractivity contribution in [2.45, 2.75) is 137 Å². The van der Waals surface area contributed by atoms with E-state index in [-0.39, 0.29) is 32.4 Å². The standard InChI is InChI=1S/C24H35N2OS.C14H21N.Ir/c1-14-8-9-17-16-6-5-7-18(22(16)27-23(17)26-14)20-10-19-15(11-24(2,3)4)13-28-21(19)12-25-20;1-10-4-6-13(7-5-10)14-8-11(2)12(3)9-15-14;/h13-14,16-17,20,23,26H,5-12H2,1-4H3;8,10-12H,4-6,9H2,1-3H3;/q-1;-2;+3/t14-,16?,17?,20-,23?;10-,11+,12-;/m11./s1/i1D3,11D2;;. The summed E-state index contributed by atoms with van der Waals surface area (Å²) in [7, 11) is 0. The molecule has 8 atom stereocenters. The fourth-order valence-corrected chi connectivity index (χ4v) is 8.58. The molecular weight excluding hydrogens is 739 g/mol. The van der Waals surface area contributed by atoms with Crippen molar-refractivity contribution in [3.63, 3.8) is 0 Å². The Hall–Kier alpha value is -0.911. The molecule has 4 aliphatic heterocycles. The third kappa shape index (κ3) is 7.79. The van der Waals surface area contributed by atoms with Gasteiger partial charge >= 0.3 is 20.1 Å². The van der Waals surface area contributed by atoms with Crippen molar-refractivity contribution in [2.24, 2.45) is 35.0 Å². The minimum absolute atomic E-state index is 0. The average Bonchev–Trinajstić information content (AvgIpc) is 3.63. The predicted octanol–water partition coefficient (Wildman–Crippen LogP) is 10.0. The van der Waals surface area contributed by atoms with Crippen LogP contribution in [0.25, 0.3) is 10.6 Å². The summed E-state index contributed by atoms with van der Waals surface area (Å²) in [4.78, 5) is 1.19. The van der Waals surface area contributed by atoms with E-state index in [2.05, 4.69) is 43.6 Å². The Bertz CT molecular complexity index is 1430. The van der Waals surface area contributed by atoms with E-state index in [1.165, 1.54) is 34.6 Å². The van der Waals surface area contributed by atoms with Crippen molar-refractivity contribution in [3.8, 4) is 0 Å². The first-order valence-electron chi connectivity index (χ1n) is 19.5. The third-order valence-corrected chi connectivity index (χ3v) is 11.4. The van der Waals surface area contributed by atoms with Crippen LogP contribution in [0.3, 0.4) is 0 Å². The summed E-state index contributed by atoms with van der Waals surface area (Å²) in [6.07, 6.45) is 13.3. The van der Waals surface area contributed by atoms with Gasteiger partial charge in [0.2, 0.25) is 0 Å². The molecule has 2 fully saturated rings. The van der Waals surface area contributed by atoms with E-state index in [9.17, 15) is 0 Å². The molecular formula is C38H56IrN3OS. The molecule has 0 amide bonds. The molecule has 0 aromatic carbocycles. The number of allylic oxidation sites excluding steroid dienone is 4. The Balaban J connectivity index is 0.000000246. The van der Waals surface area contributed by atoms with Crippen LogP contribution in [0.4, 0.5) is 0 Å². The molecule has 2 aliphatic carbocycles. The van der Waals surface area contributed by atoms with Gasteiger partial charge < -0.3 is 21.1 Å². The third-order valence-electron chi connectivity index (χ3n) is 10.4. The minimum atomic E-state index is -2.00. The molecule has 1 N–H and O–H groups in total. The topological polar surface area (TPSA) is 49.5 Å². The van der Waals surface area contributed by atoms with Gasteiger partial charge in [-0.25, -0.2) is 5.57 Å². The van der Waals surface area contributed by atoms with E-state index >= 15 is 0 Å². The van der Waals surface area contributed by atoms with Gasteiger partial charge in [0.1, 0.15) is 0 Å². The van der Waals surface area contributed by atoms with Gasteiger partial charge in [-0.1, -0.05) is 66.2 Å². The molecule has 0 radical (unpaired) electrons. The molecule has 2 saturated heterocycles. The minimum Gasteiger partial charge on any atom is -0.769 e. The number of fused-ring (bicyclic) bond motifs is 4. The van der Waals surface area contributed by atoms with Crippen molar-refractivity contribution in [1.29, 1.82) is 0 Å². The van der Waals surface area contributed by atoms with Crippen LogP contribution in [0.5, 0.6) is 0 Å². The van der Waals surface area contributed by atoms with Crippen LogP contribution in [0.2, 0.25) is 0 Å². The SMILES string of the molecule is C[C@H]1C[C-]=C(C2=C[C@H](C)[C@H](C)C[N-]2)CC1.[2H]C([2H])([2H])[C@@H]1CCC2C(N1)OC1=C([C@H]3Cc4c(C([2H])([2H])C(C)(C)C)csc4C[N-]3)CCCC12.[Ir+3]. The Morgan fingerprint density at radius 1 is 1.16 bits per heavy atom. The summed E-state index contributed by atoms with van der Waals surface area (Å²) >= 11 is 1.64. The van der Waals surface area contributed by atoms with Crippen LogP contribution in [-0.4, -0.2) is 24.9 Å². The van der Waals surface area contributed by atoms with Crippen LogP contribution in [0, 0.1) is 41.1 Å². The normalized spacial score (nSPS) is 37.2. The molecule has 1 aromatic heterocycles. The Kier molecular flexibility index (Phi) is 9.25. The maximum absolute atomic E-state index is 8.83. The van der Waals surface area contributed by atoms with E-state index < -0.39 is 24.7 Å². The van der Waals surface area contributed by atoms with E-state index in [0.29, 0.717) is 36.6 Å². The number of ether oxygens (including phenoxy) is 1. The smallest absolute Gasteiger partial charge is 0.769 e. The second-order valence-corrected chi connectivity index (χ2v) is 16.1. The molecule has 0 spiro atoms. The van der Waals surface area contributed by atoms with Gasteiger partial charge in [0.15, 0.2) is 6.23 Å². The molecule has 5 heterocycles. The fourth-order valence-electron chi connectivity index (χ4n) is 7.63. The Morgan fingerprint density at radius 3 is 2.73 bits per heavy atom. The van der Waals surface area contributed by atoms with Gasteiger partial charge in [-0.05, 0) is 90.0 Å². The Morgan fingerprint density at radius 2 is 2.00 bits per heavy atom. The quantitative estimate of drug-likeness (QED) is 0.310. The Labute approximate surface area is 293 Å². The summed E-state index contributed by atoms with van der Waals surface area (Å²) in [6, 6.07) is -0.476. The van der Waals surface area contributed by atoms with Crippen LogP contribution in [-0.2, 0) is 44.2 Å². The summed E-state index contributed by atoms with van der Waals surface area (Å²) < 4.78 is 47.6. The van der Waals surface area contributed by atoms with Crippen LogP contribution < -0.4 is 5.32 Å². The number of hydrogen-bond acceptors (Lipinski definition) is 3. The average molecular weight is 800 g/mol. The molecule has 6 heteroatoms. The number of nitrogens with zero attached hydrogens (tertiary/aromatic N) is 2. The molecule has 4 nitrogen and oxygen atoms in total. The summed E-state index contributed by atoms with van der Waals surface area (Å²) in [5.74, 6) is 3.93. The predicted molar refractivity (Wildman–Crippen MR) is 181 cm³/mol. The van der Waals surface area contributed by atoms with E-state index in [4.69, 9.17) is 16.9 Å². The van der Waals surface area contributed by atoms with Crippen LogP contribution in [0.15, 0.2) is 34.1 Å². The number of piperidine rings is 1. The molecule has 244 valence electrons. The first-order valence-corrected chi connectivity index (χ1v) is 17.8. The molecule has 7 rings (SSSR count). The van der Waals surface area contributed by atoms with Crippen molar-refractivity contribution in [1.82, 2.24) is 5.32 Å². The molecule has 0 saturated carbocycles. The molecule has 3 unspecified atom stereocenters. The molecule has 1 aromatic rings. The summed E-state index contributed by atoms with van der Waals surface area (Å²) in [6.45, 7) is 12.4. The van der Waals surface area contributed by atoms with Crippen LogP contribution >= 0.6 is 11.3 Å². The first kappa shape index (κ1) is 28.1. The zero-order valence-corrected chi connectivity index (χ0v) is 30.8. The zero-order chi connectivity index (χ0) is 34.6. The molecule has 6 aliphatic rings. The van der Waals surface area contributed by atoms with Crippen molar-refractivity contribution >= 4 is 11.3 Å². The van der Waals surface area contributed by atoms with Gasteiger partial charge in [0.05, 0.1) is 5.76 Å². The van der Waals surface area contributed by atoms with Crippen molar-refractivity contribution < 1.29 is 31.7 Å². The second kappa shape index (κ2) is 14.5. The number of thiophene rings is 1. The number of hydrogen-bond donors (Lipinski definition) is 1. The summed E-state index contributed by atoms with van der Waals surface area (Å²) in [5.41, 5.74) is 5.38. The van der Waals surface area contributed by atoms with Gasteiger partial charge in [0, 0.05) is 24.7 Å². The summed E-state index contributed by atoms with van der Waals surface area (Å²) in [5, 5.41) is 15.0. The van der Waals surface area contributed by atoms with Crippen molar-refractivity contribution in [2.75, 3.05) is 6.54 Å². The van der Waals surface area contributed by atoms with Gasteiger partial charge in [-0.15, -0.1) is 25.6 Å². The van der Waals surface area contributed by atoms with Crippen molar-refractivity contribution in [3.05, 3.63) is 66.8 Å². The molecule has 0 bridgehead atoms. The number of rotatable bonds is 3. The second-order valence-electron chi connectivity index (χ2n) is 15.1. The largest absolute Gasteiger partial charge is 3.00 e. The zero-order valence-electron chi connectivity index (χ0n) is 32.6. The first-order chi connectivity index (χ1) is 22.5. The van der Waals surface area contributed by atoms with Crippen LogP contribution in [0.1, 0.15) is 123 Å². The maximum atomic E-state index is 8.83. The molecule has 44 heavy (non-hydrogen) atoms. The maximum Gasteiger partial charge on any atom is 3.00 e. The number of nitrogens with one attached hydrogen (secondary N) is 1. The van der Waals surface area contributed by atoms with Gasteiger partial charge in [0.25, 0.3) is 0 Å². The van der Waals surface area contributed by atoms with Gasteiger partial charge in [-0.2, -0.15) is 17.4 Å². The van der Waals surface area contributed by atoms with E-state index in [1.807, 2.05) is 26.2 Å².